The molecule has 0 saturated heterocycles. The van der Waals surface area contributed by atoms with Gasteiger partial charge in [-0.05, 0) is 23.6 Å². The molecule has 6 nitrogen and oxygen atoms in total. The van der Waals surface area contributed by atoms with E-state index in [4.69, 9.17) is 29.4 Å². The van der Waals surface area contributed by atoms with Crippen molar-refractivity contribution < 1.29 is 32.2 Å². The molecule has 27 heavy (non-hydrogen) atoms. The van der Waals surface area contributed by atoms with Crippen LogP contribution in [0.15, 0.2) is 0 Å². The molecule has 11 heteroatoms. The Morgan fingerprint density at radius 2 is 0.593 bits per heavy atom. The molecule has 0 aliphatic rings. The maximum atomic E-state index is 7.56. The number of hydrogen-bond donors (Lipinski definition) is 6. The normalized spacial score (nSPS) is 10.1. The molecule has 0 spiro atoms. The van der Waals surface area contributed by atoms with Crippen molar-refractivity contribution in [2.75, 3.05) is 0 Å². The van der Waals surface area contributed by atoms with Crippen molar-refractivity contribution in [2.45, 2.75) is 105 Å². The molecule has 0 unspecified atom stereocenters. The quantitative estimate of drug-likeness (QED) is 0.119. The first-order valence-corrected chi connectivity index (χ1v) is 14.7. The summed E-state index contributed by atoms with van der Waals surface area (Å²) in [5.74, 6) is 0. The Morgan fingerprint density at radius 3 is 0.667 bits per heavy atom. The van der Waals surface area contributed by atoms with Crippen molar-refractivity contribution in [3.63, 3.8) is 0 Å². The third-order valence-electron chi connectivity index (χ3n) is 2.91. The molecule has 6 N–H and O–H groups in total. The van der Waals surface area contributed by atoms with Gasteiger partial charge in [0.1, 0.15) is 0 Å². The van der Waals surface area contributed by atoms with E-state index in [1.807, 2.05) is 0 Å². The molecule has 0 rings (SSSR count). The van der Waals surface area contributed by atoms with Crippen LogP contribution in [-0.2, 0) is 23.6 Å². The molecular weight excluding hydrogens is 552 g/mol. The van der Waals surface area contributed by atoms with Crippen molar-refractivity contribution in [1.29, 1.82) is 0 Å². The van der Waals surface area contributed by atoms with Crippen molar-refractivity contribution >= 4 is 85.9 Å². The summed E-state index contributed by atoms with van der Waals surface area (Å²) in [4.78, 5) is 45.3. The first kappa shape index (κ1) is 40.0. The van der Waals surface area contributed by atoms with Gasteiger partial charge in [-0.2, -0.15) is 0 Å². The second-order valence-corrected chi connectivity index (χ2v) is 10.8. The van der Waals surface area contributed by atoms with Gasteiger partial charge in [0, 0.05) is 0 Å². The van der Waals surface area contributed by atoms with Gasteiger partial charge >= 0.3 is 62.3 Å². The Labute approximate surface area is 220 Å². The number of rotatable bonds is 10. The molecule has 0 aliphatic carbocycles. The minimum Gasteiger partial charge on any atom is -1.00 e. The van der Waals surface area contributed by atoms with E-state index in [0.717, 1.165) is 0 Å². The molecule has 0 aromatic heterocycles. The number of unbranched alkanes of at least 4 members (excludes halogenated alkanes) is 10. The van der Waals surface area contributed by atoms with E-state index in [0.29, 0.717) is 0 Å². The summed E-state index contributed by atoms with van der Waals surface area (Å²) in [5, 5.41) is 0. The molecule has 0 radical (unpaired) electrons. The molecule has 0 aromatic carbocycles. The average Bonchev–Trinajstić information content (AvgIpc) is 2.46. The predicted molar refractivity (Wildman–Crippen MR) is 128 cm³/mol. The summed E-state index contributed by atoms with van der Waals surface area (Å²) >= 11 is 7.21. The van der Waals surface area contributed by atoms with Crippen LogP contribution in [0.4, 0.5) is 0 Å². The van der Waals surface area contributed by atoms with Gasteiger partial charge in [-0.25, -0.2) is 0 Å². The van der Waals surface area contributed by atoms with Crippen LogP contribution in [-0.4, -0.2) is 78.2 Å². The summed E-state index contributed by atoms with van der Waals surface area (Å²) in [7, 11) is 0. The fraction of sp³-hybridized carbons (Fsp3) is 1.00. The van der Waals surface area contributed by atoms with Crippen LogP contribution in [0.25, 0.3) is 0 Å². The number of hydrogen-bond acceptors (Lipinski definition) is 2. The summed E-state index contributed by atoms with van der Waals surface area (Å²) in [5.41, 5.74) is 0. The predicted octanol–water partition coefficient (Wildman–Crippen LogP) is 4.95. The zero-order valence-corrected chi connectivity index (χ0v) is 25.4. The van der Waals surface area contributed by atoms with Crippen LogP contribution in [0.3, 0.4) is 0 Å². The van der Waals surface area contributed by atoms with Gasteiger partial charge in [0.25, 0.3) is 0 Å². The molecule has 0 saturated carbocycles. The van der Waals surface area contributed by atoms with E-state index in [9.17, 15) is 0 Å². The van der Waals surface area contributed by atoms with Gasteiger partial charge in [-0.15, -0.1) is 0 Å². The van der Waals surface area contributed by atoms with Gasteiger partial charge in [-0.3, -0.25) is 0 Å². The maximum Gasteiger partial charge on any atom is 2.00 e. The summed E-state index contributed by atoms with van der Waals surface area (Å²) in [6.07, 6.45) is 17.0. The van der Waals surface area contributed by atoms with E-state index in [-0.39, 0.29) is 51.7 Å². The van der Waals surface area contributed by atoms with E-state index in [2.05, 4.69) is 51.3 Å². The Kier molecular flexibility index (Phi) is 45.7. The molecule has 0 amide bonds. The molecule has 0 fully saturated rings. The minimum atomic E-state index is -3.81. The molecule has 0 aromatic rings. The zero-order valence-electron chi connectivity index (χ0n) is 19.6. The second kappa shape index (κ2) is 30.8. The Bertz CT molecular complexity index is 291. The largest absolute Gasteiger partial charge is 2.00 e. The van der Waals surface area contributed by atoms with Crippen LogP contribution in [0.2, 0.25) is 0 Å². The van der Waals surface area contributed by atoms with Crippen LogP contribution < -0.4 is 0 Å². The van der Waals surface area contributed by atoms with Gasteiger partial charge < -0.3 is 32.2 Å². The van der Waals surface area contributed by atoms with Crippen LogP contribution in [0.1, 0.15) is 108 Å². The van der Waals surface area contributed by atoms with Crippen LogP contribution >= 0.6 is 13.4 Å². The Hall–Kier alpha value is 2.63. The fourth-order valence-electron chi connectivity index (χ4n) is 1.71. The van der Waals surface area contributed by atoms with E-state index < -0.39 is 13.4 Å². The van der Waals surface area contributed by atoms with Gasteiger partial charge in [0.05, 0.1) is 0 Å². The zero-order chi connectivity index (χ0) is 21.5. The standard InChI is InChI=1S/2C8H18.Ba.2H3O3PS.2H/c2*1-3-5-7-8-6-4-2;;2*1-4(2,3)5;;/h2*3-8H2,1-2H3;;2*(H3,1,2,3,5);;/q;;+2;;;2*-1. The van der Waals surface area contributed by atoms with Crippen LogP contribution in [0.5, 0.6) is 0 Å². The van der Waals surface area contributed by atoms with Crippen molar-refractivity contribution in [3.8, 4) is 0 Å². The van der Waals surface area contributed by atoms with Crippen molar-refractivity contribution in [1.82, 2.24) is 0 Å². The summed E-state index contributed by atoms with van der Waals surface area (Å²) in [6, 6.07) is 0. The summed E-state index contributed by atoms with van der Waals surface area (Å²) in [6.45, 7) is 1.41. The average molecular weight is 596 g/mol. The van der Waals surface area contributed by atoms with Gasteiger partial charge in [0.15, 0.2) is 0 Å². The fourth-order valence-corrected chi connectivity index (χ4v) is 1.71. The van der Waals surface area contributed by atoms with E-state index in [1.54, 1.807) is 0 Å². The van der Waals surface area contributed by atoms with Gasteiger partial charge in [-0.1, -0.05) is 105 Å². The monoisotopic (exact) mass is 596 g/mol. The first-order chi connectivity index (χ1) is 11.8. The molecule has 0 heterocycles. The minimum absolute atomic E-state index is 0. The third kappa shape index (κ3) is 127. The molecule has 0 aliphatic heterocycles. The second-order valence-electron chi connectivity index (χ2n) is 5.85. The Balaban J connectivity index is -0.0000000440. The Morgan fingerprint density at radius 1 is 0.481 bits per heavy atom. The van der Waals surface area contributed by atoms with E-state index in [1.165, 1.54) is 77.0 Å². The molecule has 0 bridgehead atoms. The van der Waals surface area contributed by atoms with Crippen molar-refractivity contribution in [2.24, 2.45) is 0 Å². The SMILES string of the molecule is CCCCCCCC.CCCCCCCC.OP(O)(O)=S.OP(O)(O)=S.[Ba+2].[H-].[H-]. The first-order valence-electron chi connectivity index (χ1n) is 9.39. The van der Waals surface area contributed by atoms with Gasteiger partial charge in [0.2, 0.25) is 0 Å². The third-order valence-corrected chi connectivity index (χ3v) is 2.91. The van der Waals surface area contributed by atoms with E-state index >= 15 is 0 Å². The maximum absolute atomic E-state index is 7.56. The van der Waals surface area contributed by atoms with Crippen LogP contribution in [0, 0.1) is 0 Å². The smallest absolute Gasteiger partial charge is 1.00 e. The molecular formula is C16H44BaO6P2S2. The van der Waals surface area contributed by atoms with Crippen molar-refractivity contribution in [3.05, 3.63) is 0 Å². The molecule has 0 atom stereocenters. The topological polar surface area (TPSA) is 121 Å². The summed E-state index contributed by atoms with van der Waals surface area (Å²) < 4.78 is 0. The molecule has 168 valence electrons.